The zero-order valence-electron chi connectivity index (χ0n) is 79.8. The minimum absolute atomic E-state index is 0.623. The first-order chi connectivity index (χ1) is 72.8. The maximum atomic E-state index is 5.13. The lowest BCUT2D eigenvalue weighted by Crippen LogP contribution is -2.01. The van der Waals surface area contributed by atoms with E-state index in [0.29, 0.717) is 52.4 Å². The standard InChI is InChI=1S/3C45H30N4/c1-3-14-31(15-4-1)33-18-11-20-35(28-33)43-46-44(36-21-12-19-34(29-36)32-16-5-2-6-17-32)48-45(47-43)37-22-13-23-38(30-37)49-41-26-9-7-24-39(41)40-25-8-10-27-42(40)49;1-3-13-31(14-4-1)33-25-27-34(28-26-33)43-46-44(36-18-11-17-35(29-36)32-15-5-2-6-16-32)48-45(47-43)37-19-12-20-38(30-37)49-41-23-9-7-21-39(41)40-22-8-10-24-42(40)49;1-3-12-31(13-4-1)33-22-26-35(27-23-33)43-46-44(36-28-24-34(25-29-36)32-14-5-2-6-15-32)48-45(47-43)37-16-11-17-38(30-37)49-41-20-9-7-18-39(41)40-19-8-10-21-42(40)49/h3*1-30H. The smallest absolute Gasteiger partial charge is 0.164 e. The molecule has 0 aliphatic rings. The van der Waals surface area contributed by atoms with E-state index >= 15 is 0 Å². The Hall–Kier alpha value is -20.0. The van der Waals surface area contributed by atoms with Crippen LogP contribution in [0, 0.1) is 0 Å². The Balaban J connectivity index is 0.000000115. The van der Waals surface area contributed by atoms with Crippen LogP contribution in [0.2, 0.25) is 0 Å². The van der Waals surface area contributed by atoms with Gasteiger partial charge >= 0.3 is 0 Å². The molecule has 0 N–H and O–H groups in total. The first kappa shape index (κ1) is 88.5. The summed E-state index contributed by atoms with van der Waals surface area (Å²) in [6.07, 6.45) is 0. The lowest BCUT2D eigenvalue weighted by atomic mass is 10.0. The van der Waals surface area contributed by atoms with Crippen LogP contribution in [0.4, 0.5) is 0 Å². The molecule has 27 aromatic rings. The second-order valence-electron chi connectivity index (χ2n) is 36.3. The van der Waals surface area contributed by atoms with Crippen LogP contribution in [0.1, 0.15) is 0 Å². The number of nitrogens with zero attached hydrogens (tertiary/aromatic N) is 12. The molecule has 12 nitrogen and oxygen atoms in total. The Bertz CT molecular complexity index is 9140. The van der Waals surface area contributed by atoms with Gasteiger partial charge in [-0.3, -0.25) is 0 Å². The number of aromatic nitrogens is 12. The van der Waals surface area contributed by atoms with Gasteiger partial charge in [0.05, 0.1) is 33.1 Å². The summed E-state index contributed by atoms with van der Waals surface area (Å²) in [4.78, 5) is 45.8. The third kappa shape index (κ3) is 18.0. The maximum absolute atomic E-state index is 5.13. The van der Waals surface area contributed by atoms with Crippen LogP contribution in [-0.4, -0.2) is 58.6 Å². The van der Waals surface area contributed by atoms with Gasteiger partial charge < -0.3 is 13.7 Å². The summed E-state index contributed by atoms with van der Waals surface area (Å²) < 4.78 is 6.97. The largest absolute Gasteiger partial charge is 0.309 e. The summed E-state index contributed by atoms with van der Waals surface area (Å²) in [5.41, 5.74) is 32.2. The normalized spacial score (nSPS) is 11.3. The summed E-state index contributed by atoms with van der Waals surface area (Å²) in [6.45, 7) is 0. The molecule has 0 atom stereocenters. The van der Waals surface area contributed by atoms with Crippen molar-refractivity contribution in [1.82, 2.24) is 58.6 Å². The van der Waals surface area contributed by atoms with E-state index in [-0.39, 0.29) is 0 Å². The van der Waals surface area contributed by atoms with Crippen LogP contribution in [0.25, 0.3) is 252 Å². The Morgan fingerprint density at radius 2 is 0.231 bits per heavy atom. The molecule has 0 amide bonds. The SMILES string of the molecule is c1ccc(-c2ccc(-c3nc(-c4ccc(-c5ccccc5)cc4)nc(-c4cccc(-n5c6ccccc6c6ccccc65)c4)n3)cc2)cc1.c1ccc(-c2ccc(-c3nc(-c4cccc(-c5ccccc5)c4)nc(-c4cccc(-n5c6ccccc6c6ccccc65)c4)n3)cc2)cc1.c1ccc(-c2cccc(-c3nc(-c4cccc(-c5ccccc5)c4)nc(-c4cccc(-n5c6ccccc6c6ccccc65)c4)n3)c2)cc1. The van der Waals surface area contributed by atoms with Crippen LogP contribution in [0.5, 0.6) is 0 Å². The fourth-order valence-electron chi connectivity index (χ4n) is 20.0. The average Bonchev–Trinajstić information content (AvgIpc) is 1.61. The van der Waals surface area contributed by atoms with Gasteiger partial charge in [-0.1, -0.05) is 455 Å². The molecule has 0 spiro atoms. The molecule has 147 heavy (non-hydrogen) atoms. The van der Waals surface area contributed by atoms with Crippen LogP contribution in [0.15, 0.2) is 546 Å². The van der Waals surface area contributed by atoms with E-state index in [9.17, 15) is 0 Å². The van der Waals surface area contributed by atoms with Gasteiger partial charge in [0.25, 0.3) is 0 Å². The second-order valence-corrected chi connectivity index (χ2v) is 36.3. The first-order valence-corrected chi connectivity index (χ1v) is 49.4. The van der Waals surface area contributed by atoms with Crippen molar-refractivity contribution in [3.8, 4) is 186 Å². The molecule has 0 saturated heterocycles. The van der Waals surface area contributed by atoms with E-state index in [2.05, 4.69) is 523 Å². The van der Waals surface area contributed by atoms with Gasteiger partial charge in [0.1, 0.15) is 0 Å². The third-order valence-corrected chi connectivity index (χ3v) is 27.2. The molecule has 21 aromatic carbocycles. The minimum atomic E-state index is 0.623. The van der Waals surface area contributed by atoms with Crippen LogP contribution in [-0.2, 0) is 0 Å². The Labute approximate surface area is 850 Å². The zero-order chi connectivity index (χ0) is 97.7. The van der Waals surface area contributed by atoms with Gasteiger partial charge in [-0.25, -0.2) is 44.9 Å². The highest BCUT2D eigenvalue weighted by Gasteiger charge is 2.23. The van der Waals surface area contributed by atoms with Crippen molar-refractivity contribution in [3.05, 3.63) is 546 Å². The van der Waals surface area contributed by atoms with E-state index in [1.807, 2.05) is 36.4 Å². The summed E-state index contributed by atoms with van der Waals surface area (Å²) in [5, 5.41) is 7.36. The Morgan fingerprint density at radius 3 is 0.435 bits per heavy atom. The second kappa shape index (κ2) is 39.6. The summed E-state index contributed by atoms with van der Waals surface area (Å²) in [5.74, 6) is 5.66. The van der Waals surface area contributed by atoms with E-state index in [1.54, 1.807) is 0 Å². The molecule has 6 heterocycles. The van der Waals surface area contributed by atoms with E-state index in [4.69, 9.17) is 44.9 Å². The van der Waals surface area contributed by atoms with Gasteiger partial charge in [0.2, 0.25) is 0 Å². The van der Waals surface area contributed by atoms with Crippen LogP contribution in [0.3, 0.4) is 0 Å². The average molecular weight is 1880 g/mol. The Morgan fingerprint density at radius 1 is 0.0952 bits per heavy atom. The molecule has 0 fully saturated rings. The van der Waals surface area contributed by atoms with E-state index in [1.165, 1.54) is 49.0 Å². The summed E-state index contributed by atoms with van der Waals surface area (Å²) >= 11 is 0. The number of para-hydroxylation sites is 6. The van der Waals surface area contributed by atoms with Crippen LogP contribution >= 0.6 is 0 Å². The molecule has 0 aliphatic carbocycles. The highest BCUT2D eigenvalue weighted by molar-refractivity contribution is 6.12. The predicted molar refractivity (Wildman–Crippen MR) is 604 cm³/mol. The highest BCUT2D eigenvalue weighted by atomic mass is 15.1. The molecule has 0 bridgehead atoms. The number of hydrogen-bond donors (Lipinski definition) is 0. The summed E-state index contributed by atoms with van der Waals surface area (Å²) in [6, 6.07) is 190. The van der Waals surface area contributed by atoms with Crippen molar-refractivity contribution in [2.24, 2.45) is 0 Å². The molecule has 27 rings (SSSR count). The monoisotopic (exact) mass is 1880 g/mol. The highest BCUT2D eigenvalue weighted by Crippen LogP contribution is 2.42. The molecular weight excluding hydrogens is 1790 g/mol. The topological polar surface area (TPSA) is 131 Å². The van der Waals surface area contributed by atoms with Gasteiger partial charge in [0, 0.05) is 99.5 Å². The van der Waals surface area contributed by atoms with Crippen LogP contribution < -0.4 is 0 Å². The van der Waals surface area contributed by atoms with Crippen molar-refractivity contribution in [2.75, 3.05) is 0 Å². The fraction of sp³-hybridized carbons (Fsp3) is 0. The molecule has 0 aliphatic heterocycles. The van der Waals surface area contributed by atoms with Gasteiger partial charge in [-0.15, -0.1) is 0 Å². The van der Waals surface area contributed by atoms with Crippen molar-refractivity contribution >= 4 is 65.4 Å². The van der Waals surface area contributed by atoms with E-state index in [0.717, 1.165) is 150 Å². The predicted octanol–water partition coefficient (Wildman–Crippen LogP) is 33.9. The maximum Gasteiger partial charge on any atom is 0.164 e. The van der Waals surface area contributed by atoms with Crippen molar-refractivity contribution in [2.45, 2.75) is 0 Å². The van der Waals surface area contributed by atoms with Crippen molar-refractivity contribution in [1.29, 1.82) is 0 Å². The molecule has 0 unspecified atom stereocenters. The van der Waals surface area contributed by atoms with Gasteiger partial charge in [-0.05, 0) is 158 Å². The quantitative estimate of drug-likeness (QED) is 0.0824. The molecule has 6 aromatic heterocycles. The number of rotatable bonds is 18. The molecule has 690 valence electrons. The van der Waals surface area contributed by atoms with Gasteiger partial charge in [-0.2, -0.15) is 0 Å². The minimum Gasteiger partial charge on any atom is -0.309 e. The zero-order valence-corrected chi connectivity index (χ0v) is 79.8. The first-order valence-electron chi connectivity index (χ1n) is 49.4. The molecule has 0 saturated carbocycles. The van der Waals surface area contributed by atoms with Crippen molar-refractivity contribution < 1.29 is 0 Å². The lowest BCUT2D eigenvalue weighted by molar-refractivity contribution is 1.07. The number of benzene rings is 21. The van der Waals surface area contributed by atoms with E-state index < -0.39 is 0 Å². The Kier molecular flexibility index (Phi) is 23.8. The number of hydrogen-bond acceptors (Lipinski definition) is 9. The van der Waals surface area contributed by atoms with Crippen molar-refractivity contribution in [3.63, 3.8) is 0 Å². The summed E-state index contributed by atoms with van der Waals surface area (Å²) in [7, 11) is 0. The van der Waals surface area contributed by atoms with Gasteiger partial charge in [0.15, 0.2) is 52.4 Å². The third-order valence-electron chi connectivity index (χ3n) is 27.2. The fourth-order valence-corrected chi connectivity index (χ4v) is 20.0. The molecule has 0 radical (unpaired) electrons. The molecular formula is C135H90N12. The molecule has 12 heteroatoms. The number of fused-ring (bicyclic) bond motifs is 9. The lowest BCUT2D eigenvalue weighted by Gasteiger charge is -2.12.